The van der Waals surface area contributed by atoms with Crippen molar-refractivity contribution in [2.45, 2.75) is 13.5 Å². The Morgan fingerprint density at radius 3 is 2.50 bits per heavy atom. The fourth-order valence-corrected chi connectivity index (χ4v) is 2.62. The van der Waals surface area contributed by atoms with Gasteiger partial charge in [0.2, 0.25) is 0 Å². The van der Waals surface area contributed by atoms with Crippen molar-refractivity contribution in [1.29, 1.82) is 0 Å². The number of carboxylic acid groups (broad SMARTS) is 1. The number of hydrogen-bond acceptors (Lipinski definition) is 4. The number of thiophene rings is 1. The van der Waals surface area contributed by atoms with Crippen molar-refractivity contribution in [3.63, 3.8) is 0 Å². The first-order valence-electron chi connectivity index (χ1n) is 6.86. The summed E-state index contributed by atoms with van der Waals surface area (Å²) in [5, 5.41) is 10.8. The van der Waals surface area contributed by atoms with Crippen molar-refractivity contribution >= 4 is 23.2 Å². The normalized spacial score (nSPS) is 10.2. The lowest BCUT2D eigenvalue weighted by atomic mass is 10.2. The molecule has 0 saturated heterocycles. The summed E-state index contributed by atoms with van der Waals surface area (Å²) in [6.45, 7) is 3.05. The van der Waals surface area contributed by atoms with Crippen molar-refractivity contribution in [2.75, 3.05) is 13.2 Å². The van der Waals surface area contributed by atoms with Crippen LogP contribution in [0.1, 0.15) is 22.2 Å². The predicted molar refractivity (Wildman–Crippen MR) is 84.3 cm³/mol. The van der Waals surface area contributed by atoms with Gasteiger partial charge in [-0.25, -0.2) is 4.79 Å². The van der Waals surface area contributed by atoms with E-state index >= 15 is 0 Å². The lowest BCUT2D eigenvalue weighted by molar-refractivity contribution is -0.133. The minimum Gasteiger partial charge on any atom is -0.484 e. The summed E-state index contributed by atoms with van der Waals surface area (Å²) in [7, 11) is 0. The lowest BCUT2D eigenvalue weighted by Crippen LogP contribution is -2.34. The van der Waals surface area contributed by atoms with Gasteiger partial charge in [-0.1, -0.05) is 6.07 Å². The molecule has 0 bridgehead atoms. The van der Waals surface area contributed by atoms with E-state index in [1.54, 1.807) is 28.4 Å². The Kier molecular flexibility index (Phi) is 5.55. The summed E-state index contributed by atoms with van der Waals surface area (Å²) in [6.07, 6.45) is 0. The molecule has 2 aromatic rings. The van der Waals surface area contributed by atoms with Gasteiger partial charge in [0.15, 0.2) is 6.61 Å². The second kappa shape index (κ2) is 7.61. The molecule has 0 aliphatic rings. The third-order valence-corrected chi connectivity index (χ3v) is 3.99. The number of hydrogen-bond donors (Lipinski definition) is 1. The molecule has 0 unspecified atom stereocenters. The SMILES string of the molecule is CCN(Cc1cccs1)C(=O)COc1ccc(C(=O)O)cc1. The molecule has 22 heavy (non-hydrogen) atoms. The number of aromatic carboxylic acids is 1. The molecule has 0 saturated carbocycles. The van der Waals surface area contributed by atoms with Gasteiger partial charge in [0.1, 0.15) is 5.75 Å². The first-order valence-corrected chi connectivity index (χ1v) is 7.74. The Hall–Kier alpha value is -2.34. The zero-order valence-electron chi connectivity index (χ0n) is 12.2. The number of benzene rings is 1. The molecule has 1 amide bonds. The molecule has 0 atom stereocenters. The average Bonchev–Trinajstić information content (AvgIpc) is 3.03. The van der Waals surface area contributed by atoms with Crippen LogP contribution in [-0.2, 0) is 11.3 Å². The van der Waals surface area contributed by atoms with E-state index in [2.05, 4.69) is 0 Å². The van der Waals surface area contributed by atoms with E-state index in [0.717, 1.165) is 4.88 Å². The maximum absolute atomic E-state index is 12.2. The van der Waals surface area contributed by atoms with E-state index in [-0.39, 0.29) is 18.1 Å². The van der Waals surface area contributed by atoms with Crippen LogP contribution in [0.25, 0.3) is 0 Å². The molecule has 2 rings (SSSR count). The second-order valence-corrected chi connectivity index (χ2v) is 5.64. The van der Waals surface area contributed by atoms with E-state index in [0.29, 0.717) is 18.8 Å². The summed E-state index contributed by atoms with van der Waals surface area (Å²) in [5.74, 6) is -0.612. The van der Waals surface area contributed by atoms with Gasteiger partial charge in [-0.15, -0.1) is 11.3 Å². The molecule has 0 fully saturated rings. The number of nitrogens with zero attached hydrogens (tertiary/aromatic N) is 1. The minimum absolute atomic E-state index is 0.0639. The first-order chi connectivity index (χ1) is 10.6. The monoisotopic (exact) mass is 319 g/mol. The fourth-order valence-electron chi connectivity index (χ4n) is 1.90. The average molecular weight is 319 g/mol. The summed E-state index contributed by atoms with van der Waals surface area (Å²) < 4.78 is 5.42. The van der Waals surface area contributed by atoms with Crippen LogP contribution in [0.2, 0.25) is 0 Å². The lowest BCUT2D eigenvalue weighted by Gasteiger charge is -2.20. The van der Waals surface area contributed by atoms with Crippen molar-refractivity contribution in [3.05, 3.63) is 52.2 Å². The van der Waals surface area contributed by atoms with Crippen molar-refractivity contribution in [2.24, 2.45) is 0 Å². The molecule has 1 heterocycles. The molecule has 6 heteroatoms. The van der Waals surface area contributed by atoms with Crippen LogP contribution < -0.4 is 4.74 Å². The van der Waals surface area contributed by atoms with Gasteiger partial charge >= 0.3 is 5.97 Å². The summed E-state index contributed by atoms with van der Waals surface area (Å²) in [4.78, 5) is 25.8. The predicted octanol–water partition coefficient (Wildman–Crippen LogP) is 2.87. The molecule has 1 N–H and O–H groups in total. The van der Waals surface area contributed by atoms with Crippen LogP contribution in [0.15, 0.2) is 41.8 Å². The maximum atomic E-state index is 12.2. The van der Waals surface area contributed by atoms with Gasteiger partial charge < -0.3 is 14.7 Å². The van der Waals surface area contributed by atoms with Crippen LogP contribution in [0, 0.1) is 0 Å². The van der Waals surface area contributed by atoms with E-state index < -0.39 is 5.97 Å². The Morgan fingerprint density at radius 1 is 1.23 bits per heavy atom. The van der Waals surface area contributed by atoms with Crippen molar-refractivity contribution < 1.29 is 19.4 Å². The smallest absolute Gasteiger partial charge is 0.335 e. The van der Waals surface area contributed by atoms with Crippen LogP contribution in [0.5, 0.6) is 5.75 Å². The first kappa shape index (κ1) is 16.0. The quantitative estimate of drug-likeness (QED) is 0.852. The largest absolute Gasteiger partial charge is 0.484 e. The number of carbonyl (C=O) groups is 2. The van der Waals surface area contributed by atoms with Crippen LogP contribution in [-0.4, -0.2) is 35.0 Å². The standard InChI is InChI=1S/C16H17NO4S/c1-2-17(10-14-4-3-9-22-14)15(18)11-21-13-7-5-12(6-8-13)16(19)20/h3-9H,2,10-11H2,1H3,(H,19,20). The highest BCUT2D eigenvalue weighted by Gasteiger charge is 2.13. The number of carboxylic acids is 1. The molecule has 1 aromatic carbocycles. The van der Waals surface area contributed by atoms with Gasteiger partial charge in [-0.3, -0.25) is 4.79 Å². The molecule has 116 valence electrons. The summed E-state index contributed by atoms with van der Waals surface area (Å²) >= 11 is 1.61. The molecule has 0 aliphatic heterocycles. The summed E-state index contributed by atoms with van der Waals surface area (Å²) in [5.41, 5.74) is 0.187. The number of likely N-dealkylation sites (N-methyl/N-ethyl adjacent to an activating group) is 1. The van der Waals surface area contributed by atoms with Gasteiger partial charge in [0, 0.05) is 11.4 Å². The Morgan fingerprint density at radius 2 is 1.95 bits per heavy atom. The fraction of sp³-hybridized carbons (Fsp3) is 0.250. The van der Waals surface area contributed by atoms with Crippen molar-refractivity contribution in [3.8, 4) is 5.75 Å². The Labute approximate surface area is 132 Å². The van der Waals surface area contributed by atoms with E-state index in [1.807, 2.05) is 24.4 Å². The highest BCUT2D eigenvalue weighted by Crippen LogP contribution is 2.14. The molecule has 5 nitrogen and oxygen atoms in total. The van der Waals surface area contributed by atoms with Crippen LogP contribution in [0.3, 0.4) is 0 Å². The molecular formula is C16H17NO4S. The minimum atomic E-state index is -0.990. The number of amides is 1. The van der Waals surface area contributed by atoms with Gasteiger partial charge in [-0.2, -0.15) is 0 Å². The van der Waals surface area contributed by atoms with Gasteiger partial charge in [0.25, 0.3) is 5.91 Å². The number of rotatable bonds is 7. The van der Waals surface area contributed by atoms with E-state index in [4.69, 9.17) is 9.84 Å². The third-order valence-electron chi connectivity index (χ3n) is 3.12. The number of carbonyl (C=O) groups excluding carboxylic acids is 1. The van der Waals surface area contributed by atoms with Crippen LogP contribution >= 0.6 is 11.3 Å². The van der Waals surface area contributed by atoms with Crippen LogP contribution in [0.4, 0.5) is 0 Å². The molecule has 0 radical (unpaired) electrons. The number of ether oxygens (including phenoxy) is 1. The maximum Gasteiger partial charge on any atom is 0.335 e. The highest BCUT2D eigenvalue weighted by atomic mass is 32.1. The molecule has 0 spiro atoms. The summed E-state index contributed by atoms with van der Waals surface area (Å²) in [6, 6.07) is 9.94. The van der Waals surface area contributed by atoms with Gasteiger partial charge in [0.05, 0.1) is 12.1 Å². The third kappa shape index (κ3) is 4.33. The molecule has 0 aliphatic carbocycles. The second-order valence-electron chi connectivity index (χ2n) is 4.61. The highest BCUT2D eigenvalue weighted by molar-refractivity contribution is 7.09. The molecule has 1 aromatic heterocycles. The Bertz CT molecular complexity index is 622. The van der Waals surface area contributed by atoms with E-state index in [1.165, 1.54) is 12.1 Å². The topological polar surface area (TPSA) is 66.8 Å². The van der Waals surface area contributed by atoms with E-state index in [9.17, 15) is 9.59 Å². The van der Waals surface area contributed by atoms with Gasteiger partial charge in [-0.05, 0) is 42.6 Å². The van der Waals surface area contributed by atoms with Crippen molar-refractivity contribution in [1.82, 2.24) is 4.90 Å². The zero-order chi connectivity index (χ0) is 15.9. The zero-order valence-corrected chi connectivity index (χ0v) is 13.0. The molecular weight excluding hydrogens is 302 g/mol. The Balaban J connectivity index is 1.89.